The number of quaternary nitrogens is 1. The summed E-state index contributed by atoms with van der Waals surface area (Å²) in [5.74, 6) is 1.56. The van der Waals surface area contributed by atoms with Crippen molar-refractivity contribution in [3.63, 3.8) is 0 Å². The van der Waals surface area contributed by atoms with Crippen LogP contribution in [0.25, 0.3) is 0 Å². The van der Waals surface area contributed by atoms with E-state index in [2.05, 4.69) is 15.4 Å². The Morgan fingerprint density at radius 3 is 2.97 bits per heavy atom. The van der Waals surface area contributed by atoms with Crippen molar-refractivity contribution in [3.05, 3.63) is 35.0 Å². The van der Waals surface area contributed by atoms with Gasteiger partial charge in [0.2, 0.25) is 0 Å². The van der Waals surface area contributed by atoms with E-state index >= 15 is 0 Å². The lowest BCUT2D eigenvalue weighted by molar-refractivity contribution is -0.872. The Labute approximate surface area is 202 Å². The maximum Gasteiger partial charge on any atom is 0.323 e. The van der Waals surface area contributed by atoms with E-state index in [9.17, 15) is 4.39 Å². The van der Waals surface area contributed by atoms with Gasteiger partial charge < -0.3 is 20.2 Å². The molecule has 3 atom stereocenters. The van der Waals surface area contributed by atoms with Crippen molar-refractivity contribution in [1.29, 1.82) is 5.41 Å². The molecular formula is C23H32FIN5O2+. The first kappa shape index (κ1) is 23.6. The van der Waals surface area contributed by atoms with Gasteiger partial charge in [0.05, 0.1) is 18.4 Å². The zero-order valence-corrected chi connectivity index (χ0v) is 20.9. The minimum Gasteiger partial charge on any atom is -0.406 e. The third kappa shape index (κ3) is 5.85. The molecule has 4 rings (SSSR count). The summed E-state index contributed by atoms with van der Waals surface area (Å²) in [7, 11) is 3.76. The predicted octanol–water partition coefficient (Wildman–Crippen LogP) is 4.43. The second-order valence-corrected chi connectivity index (χ2v) is 10.2. The van der Waals surface area contributed by atoms with Gasteiger partial charge in [0, 0.05) is 48.2 Å². The minimum atomic E-state index is -1.39. The highest BCUT2D eigenvalue weighted by Gasteiger charge is 2.37. The van der Waals surface area contributed by atoms with Crippen LogP contribution in [0.3, 0.4) is 0 Å². The number of hydrogen-bond donors (Lipinski definition) is 2. The molecule has 0 radical (unpaired) electrons. The fraction of sp³-hybridized carbons (Fsp3) is 0.609. The lowest BCUT2D eigenvalue weighted by atomic mass is 10.0. The van der Waals surface area contributed by atoms with Crippen LogP contribution in [-0.4, -0.2) is 60.4 Å². The van der Waals surface area contributed by atoms with Crippen LogP contribution in [0.5, 0.6) is 0 Å². The Kier molecular flexibility index (Phi) is 7.46. The second-order valence-electron chi connectivity index (χ2n) is 9.26. The summed E-state index contributed by atoms with van der Waals surface area (Å²) >= 11 is 1.60. The van der Waals surface area contributed by atoms with Gasteiger partial charge in [-0.3, -0.25) is 4.99 Å². The quantitative estimate of drug-likeness (QED) is 0.191. The summed E-state index contributed by atoms with van der Waals surface area (Å²) < 4.78 is 23.0. The van der Waals surface area contributed by atoms with Gasteiger partial charge in [-0.2, -0.15) is 4.39 Å². The van der Waals surface area contributed by atoms with Crippen LogP contribution in [0.15, 0.2) is 45.1 Å². The maximum atomic E-state index is 13.3. The second kappa shape index (κ2) is 10.1. The van der Waals surface area contributed by atoms with Crippen molar-refractivity contribution in [2.45, 2.75) is 42.9 Å². The Morgan fingerprint density at radius 1 is 1.41 bits per heavy atom. The molecule has 3 aliphatic heterocycles. The molecule has 1 aliphatic carbocycles. The minimum absolute atomic E-state index is 0.171. The molecule has 0 bridgehead atoms. The summed E-state index contributed by atoms with van der Waals surface area (Å²) in [6, 6.07) is 0. The van der Waals surface area contributed by atoms with Gasteiger partial charge in [0.15, 0.2) is 0 Å². The number of aliphatic imine (C=N–C) groups is 1. The number of alkyl halides is 2. The predicted molar refractivity (Wildman–Crippen MR) is 132 cm³/mol. The topological polar surface area (TPSA) is 79.1 Å². The summed E-state index contributed by atoms with van der Waals surface area (Å²) in [6.45, 7) is 2.55. The smallest absolute Gasteiger partial charge is 0.323 e. The van der Waals surface area contributed by atoms with Crippen LogP contribution in [0.4, 0.5) is 4.39 Å². The Hall–Kier alpha value is -1.59. The van der Waals surface area contributed by atoms with Crippen LogP contribution in [0.2, 0.25) is 0 Å². The number of nitrogens with zero attached hydrogens (tertiary/aromatic N) is 3. The van der Waals surface area contributed by atoms with Crippen molar-refractivity contribution in [2.75, 3.05) is 33.9 Å². The number of rotatable bonds is 9. The molecule has 0 aromatic heterocycles. The molecule has 2 N–H and O–H groups in total. The first-order valence-corrected chi connectivity index (χ1v) is 12.5. The van der Waals surface area contributed by atoms with Crippen LogP contribution in [-0.2, 0) is 9.47 Å². The highest BCUT2D eigenvalue weighted by molar-refractivity contribution is 14.1. The van der Waals surface area contributed by atoms with Crippen molar-refractivity contribution < 1.29 is 18.5 Å². The van der Waals surface area contributed by atoms with E-state index in [0.29, 0.717) is 23.4 Å². The van der Waals surface area contributed by atoms with Crippen molar-refractivity contribution in [1.82, 2.24) is 5.32 Å². The summed E-state index contributed by atoms with van der Waals surface area (Å²) in [5.41, 5.74) is 5.31. The third-order valence-corrected chi connectivity index (χ3v) is 6.60. The molecule has 9 heteroatoms. The maximum absolute atomic E-state index is 13.3. The van der Waals surface area contributed by atoms with Gasteiger partial charge in [-0.15, -0.1) is 4.59 Å². The monoisotopic (exact) mass is 556 g/mol. The van der Waals surface area contributed by atoms with E-state index in [0.717, 1.165) is 63.3 Å². The van der Waals surface area contributed by atoms with Gasteiger partial charge >= 0.3 is 5.88 Å². The van der Waals surface area contributed by atoms with E-state index in [1.807, 2.05) is 26.4 Å². The molecule has 4 aliphatic rings. The molecular weight excluding hydrogens is 524 g/mol. The highest BCUT2D eigenvalue weighted by Crippen LogP contribution is 2.46. The summed E-state index contributed by atoms with van der Waals surface area (Å²) in [5, 5.41) is 16.1. The number of ether oxygens (including phenoxy) is 2. The molecule has 1 saturated heterocycles. The fourth-order valence-corrected chi connectivity index (χ4v) is 4.79. The van der Waals surface area contributed by atoms with Gasteiger partial charge in [-0.05, 0) is 55.9 Å². The number of allylic oxidation sites excluding steroid dienone is 4. The molecule has 0 aromatic rings. The molecule has 0 amide bonds. The first-order valence-electron chi connectivity index (χ1n) is 11.3. The SMILES string of the molecule is C[N+]1(C)N=C(CC/C2=C/N=C(C=N)\C(NC[C@H]3CCCOC3)=C3/CC3C2)C=C1OC(F)I. The average Bonchev–Trinajstić information content (AvgIpc) is 3.43. The standard InChI is InChI=1S/C23H32FIN5O2/c1-30(2)21(32-23(24)25)10-18(29-30)6-5-15-8-17-9-19(17)22(20(11-26)27-12-15)28-13-16-4-3-7-31-14-16/h10-12,16-17,23,26,28H,3-9,13-14H2,1-2H3/q+1/b15-12-,22-19-,26-11?,27-20-/t16-,17?,23?/m1/s1. The molecule has 1 saturated carbocycles. The van der Waals surface area contributed by atoms with Gasteiger partial charge in [-0.1, -0.05) is 10.7 Å². The van der Waals surface area contributed by atoms with E-state index in [1.54, 1.807) is 22.6 Å². The van der Waals surface area contributed by atoms with E-state index in [4.69, 9.17) is 14.9 Å². The van der Waals surface area contributed by atoms with Crippen LogP contribution < -0.4 is 5.32 Å². The molecule has 174 valence electrons. The number of nitrogens with one attached hydrogen (secondary N) is 2. The number of hydrogen-bond acceptors (Lipinski definition) is 6. The van der Waals surface area contributed by atoms with Crippen molar-refractivity contribution in [2.24, 2.45) is 21.9 Å². The normalized spacial score (nSPS) is 33.2. The average molecular weight is 556 g/mol. The molecule has 3 heterocycles. The third-order valence-electron chi connectivity index (χ3n) is 6.35. The lowest BCUT2D eigenvalue weighted by Gasteiger charge is -2.23. The van der Waals surface area contributed by atoms with Crippen LogP contribution >= 0.6 is 22.6 Å². The number of fused-ring (bicyclic) bond motifs is 1. The first-order chi connectivity index (χ1) is 15.4. The van der Waals surface area contributed by atoms with Gasteiger partial charge in [0.25, 0.3) is 4.36 Å². The van der Waals surface area contributed by atoms with Crippen LogP contribution in [0.1, 0.15) is 38.5 Å². The number of halogens is 2. The van der Waals surface area contributed by atoms with Crippen LogP contribution in [0, 0.1) is 17.2 Å². The van der Waals surface area contributed by atoms with E-state index in [-0.39, 0.29) is 4.59 Å². The highest BCUT2D eigenvalue weighted by atomic mass is 127. The largest absolute Gasteiger partial charge is 0.406 e. The molecule has 2 unspecified atom stereocenters. The van der Waals surface area contributed by atoms with E-state index < -0.39 is 4.36 Å². The molecule has 7 nitrogen and oxygen atoms in total. The summed E-state index contributed by atoms with van der Waals surface area (Å²) in [6.07, 6.45) is 11.1. The molecule has 0 aromatic carbocycles. The van der Waals surface area contributed by atoms with Gasteiger partial charge in [0.1, 0.15) is 25.5 Å². The molecule has 32 heavy (non-hydrogen) atoms. The Balaban J connectivity index is 1.39. The van der Waals surface area contributed by atoms with E-state index in [1.165, 1.54) is 23.8 Å². The van der Waals surface area contributed by atoms with Crippen molar-refractivity contribution in [3.8, 4) is 0 Å². The summed E-state index contributed by atoms with van der Waals surface area (Å²) in [4.78, 5) is 4.66. The lowest BCUT2D eigenvalue weighted by Crippen LogP contribution is -2.31. The Bertz CT molecular complexity index is 900. The molecule has 2 fully saturated rings. The van der Waals surface area contributed by atoms with Crippen molar-refractivity contribution >= 4 is 40.2 Å². The fourth-order valence-electron chi connectivity index (χ4n) is 4.53. The zero-order valence-electron chi connectivity index (χ0n) is 18.7. The molecule has 0 spiro atoms. The Morgan fingerprint density at radius 2 is 2.25 bits per heavy atom. The zero-order chi connectivity index (χ0) is 22.7. The van der Waals surface area contributed by atoms with Gasteiger partial charge in [-0.25, -0.2) is 0 Å².